The molecule has 1 aromatic heterocycles. The van der Waals surface area contributed by atoms with Crippen molar-refractivity contribution in [3.8, 4) is 10.6 Å². The summed E-state index contributed by atoms with van der Waals surface area (Å²) in [4.78, 5) is 16.0. The lowest BCUT2D eigenvalue weighted by atomic mass is 10.2. The molecule has 0 fully saturated rings. The van der Waals surface area contributed by atoms with Crippen molar-refractivity contribution in [2.75, 3.05) is 10.6 Å². The number of amides is 1. The van der Waals surface area contributed by atoms with E-state index < -0.39 is 0 Å². The van der Waals surface area contributed by atoms with Crippen LogP contribution in [0, 0.1) is 0 Å². The number of anilines is 1. The van der Waals surface area contributed by atoms with E-state index in [1.807, 2.05) is 29.6 Å². The monoisotopic (exact) mass is 338 g/mol. The molecule has 100 valence electrons. The van der Waals surface area contributed by atoms with E-state index >= 15 is 0 Å². The van der Waals surface area contributed by atoms with Crippen LogP contribution in [0.25, 0.3) is 10.6 Å². The second kappa shape index (κ2) is 7.40. The maximum absolute atomic E-state index is 11.7. The summed E-state index contributed by atoms with van der Waals surface area (Å²) >= 11 is 4.95. The van der Waals surface area contributed by atoms with E-state index in [4.69, 9.17) is 0 Å². The van der Waals surface area contributed by atoms with E-state index in [1.54, 1.807) is 17.5 Å². The van der Waals surface area contributed by atoms with E-state index in [2.05, 4.69) is 26.2 Å². The standard InChI is InChI=1S/C14H15BrN2OS/c15-7-2-1-6-13(18)17-12-5-3-4-11(10-12)14-16-8-9-19-14/h3-5,8-10H,1-2,6-7H2,(H,17,18). The average Bonchev–Trinajstić information content (AvgIpc) is 2.93. The molecule has 0 aliphatic rings. The molecule has 2 rings (SSSR count). The van der Waals surface area contributed by atoms with E-state index in [0.717, 1.165) is 34.4 Å². The molecule has 1 N–H and O–H groups in total. The number of aromatic nitrogens is 1. The Morgan fingerprint density at radius 1 is 1.37 bits per heavy atom. The first kappa shape index (κ1) is 14.2. The minimum absolute atomic E-state index is 0.0669. The van der Waals surface area contributed by atoms with Crippen LogP contribution < -0.4 is 5.32 Å². The van der Waals surface area contributed by atoms with Crippen LogP contribution in [0.4, 0.5) is 5.69 Å². The van der Waals surface area contributed by atoms with Crippen LogP contribution in [0.5, 0.6) is 0 Å². The van der Waals surface area contributed by atoms with Gasteiger partial charge in [0.25, 0.3) is 0 Å². The molecule has 0 bridgehead atoms. The SMILES string of the molecule is O=C(CCCCBr)Nc1cccc(-c2nccs2)c1. The third-order valence-corrected chi connectivity index (χ3v) is 4.00. The molecular weight excluding hydrogens is 324 g/mol. The lowest BCUT2D eigenvalue weighted by molar-refractivity contribution is -0.116. The van der Waals surface area contributed by atoms with Gasteiger partial charge in [0.2, 0.25) is 5.91 Å². The van der Waals surface area contributed by atoms with Gasteiger partial charge in [-0.05, 0) is 25.0 Å². The second-order valence-corrected chi connectivity index (χ2v) is 5.80. The third kappa shape index (κ3) is 4.44. The predicted octanol–water partition coefficient (Wildman–Crippen LogP) is 4.31. The summed E-state index contributed by atoms with van der Waals surface area (Å²) in [6, 6.07) is 7.80. The highest BCUT2D eigenvalue weighted by atomic mass is 79.9. The minimum Gasteiger partial charge on any atom is -0.326 e. The average molecular weight is 339 g/mol. The molecule has 0 atom stereocenters. The molecule has 19 heavy (non-hydrogen) atoms. The number of nitrogens with one attached hydrogen (secondary N) is 1. The Bertz CT molecular complexity index is 528. The number of carbonyl (C=O) groups is 1. The highest BCUT2D eigenvalue weighted by molar-refractivity contribution is 9.09. The van der Waals surface area contributed by atoms with Crippen molar-refractivity contribution in [3.63, 3.8) is 0 Å². The molecule has 1 amide bonds. The van der Waals surface area contributed by atoms with Gasteiger partial charge >= 0.3 is 0 Å². The maximum Gasteiger partial charge on any atom is 0.224 e. The first-order valence-electron chi connectivity index (χ1n) is 6.15. The number of unbranched alkanes of at least 4 members (excludes halogenated alkanes) is 1. The normalized spacial score (nSPS) is 10.4. The molecule has 1 heterocycles. The van der Waals surface area contributed by atoms with Crippen LogP contribution in [0.3, 0.4) is 0 Å². The Balaban J connectivity index is 1.97. The van der Waals surface area contributed by atoms with E-state index in [-0.39, 0.29) is 5.91 Å². The van der Waals surface area contributed by atoms with Crippen LogP contribution in [0.15, 0.2) is 35.8 Å². The Kier molecular flexibility index (Phi) is 5.54. The number of rotatable bonds is 6. The highest BCUT2D eigenvalue weighted by Crippen LogP contribution is 2.24. The van der Waals surface area contributed by atoms with Crippen molar-refractivity contribution < 1.29 is 4.79 Å². The van der Waals surface area contributed by atoms with Crippen LogP contribution in [0.2, 0.25) is 0 Å². The van der Waals surface area contributed by atoms with Crippen molar-refractivity contribution in [3.05, 3.63) is 35.8 Å². The fourth-order valence-corrected chi connectivity index (χ4v) is 2.73. The van der Waals surface area contributed by atoms with Crippen molar-refractivity contribution in [2.45, 2.75) is 19.3 Å². The summed E-state index contributed by atoms with van der Waals surface area (Å²) in [5, 5.41) is 6.78. The maximum atomic E-state index is 11.7. The first-order valence-corrected chi connectivity index (χ1v) is 8.15. The summed E-state index contributed by atoms with van der Waals surface area (Å²) in [5.41, 5.74) is 1.87. The lowest BCUT2D eigenvalue weighted by Crippen LogP contribution is -2.11. The zero-order valence-corrected chi connectivity index (χ0v) is 12.8. The molecule has 0 radical (unpaired) electrons. The number of carbonyl (C=O) groups excluding carboxylic acids is 1. The number of thiazole rings is 1. The summed E-state index contributed by atoms with van der Waals surface area (Å²) in [6.45, 7) is 0. The van der Waals surface area contributed by atoms with Crippen molar-refractivity contribution in [1.29, 1.82) is 0 Å². The van der Waals surface area contributed by atoms with E-state index in [9.17, 15) is 4.79 Å². The van der Waals surface area contributed by atoms with Crippen LogP contribution in [-0.4, -0.2) is 16.2 Å². The zero-order chi connectivity index (χ0) is 13.5. The van der Waals surface area contributed by atoms with Gasteiger partial charge in [0.1, 0.15) is 5.01 Å². The van der Waals surface area contributed by atoms with Gasteiger partial charge in [-0.3, -0.25) is 4.79 Å². The summed E-state index contributed by atoms with van der Waals surface area (Å²) in [7, 11) is 0. The number of nitrogens with zero attached hydrogens (tertiary/aromatic N) is 1. The molecule has 0 saturated carbocycles. The number of alkyl halides is 1. The second-order valence-electron chi connectivity index (χ2n) is 4.11. The smallest absolute Gasteiger partial charge is 0.224 e. The summed E-state index contributed by atoms with van der Waals surface area (Å²) < 4.78 is 0. The number of halogens is 1. The molecule has 2 aromatic rings. The molecule has 5 heteroatoms. The molecule has 0 saturated heterocycles. The molecule has 0 aliphatic heterocycles. The fourth-order valence-electron chi connectivity index (χ4n) is 1.70. The first-order chi connectivity index (χ1) is 9.29. The van der Waals surface area contributed by atoms with Gasteiger partial charge in [0, 0.05) is 34.6 Å². The Morgan fingerprint density at radius 3 is 3.00 bits per heavy atom. The van der Waals surface area contributed by atoms with Crippen LogP contribution in [0.1, 0.15) is 19.3 Å². The Morgan fingerprint density at radius 2 is 2.26 bits per heavy atom. The number of hydrogen-bond acceptors (Lipinski definition) is 3. The summed E-state index contributed by atoms with van der Waals surface area (Å²) in [6.07, 6.45) is 4.27. The van der Waals surface area contributed by atoms with Gasteiger partial charge in [0.15, 0.2) is 0 Å². The van der Waals surface area contributed by atoms with Crippen LogP contribution in [-0.2, 0) is 4.79 Å². The Labute approximate surface area is 125 Å². The largest absolute Gasteiger partial charge is 0.326 e. The van der Waals surface area contributed by atoms with E-state index in [1.165, 1.54) is 0 Å². The minimum atomic E-state index is 0.0669. The van der Waals surface area contributed by atoms with Crippen molar-refractivity contribution in [1.82, 2.24) is 4.98 Å². The van der Waals surface area contributed by atoms with Gasteiger partial charge in [0.05, 0.1) is 0 Å². The predicted molar refractivity (Wildman–Crippen MR) is 83.8 cm³/mol. The van der Waals surface area contributed by atoms with Crippen molar-refractivity contribution in [2.24, 2.45) is 0 Å². The van der Waals surface area contributed by atoms with Crippen molar-refractivity contribution >= 4 is 38.9 Å². The molecule has 1 aromatic carbocycles. The summed E-state index contributed by atoms with van der Waals surface area (Å²) in [5.74, 6) is 0.0669. The molecular formula is C14H15BrN2OS. The molecule has 3 nitrogen and oxygen atoms in total. The highest BCUT2D eigenvalue weighted by Gasteiger charge is 2.05. The third-order valence-electron chi connectivity index (χ3n) is 2.61. The molecule has 0 unspecified atom stereocenters. The van der Waals surface area contributed by atoms with Gasteiger partial charge in [-0.2, -0.15) is 0 Å². The quantitative estimate of drug-likeness (QED) is 0.629. The molecule has 0 aliphatic carbocycles. The van der Waals surface area contributed by atoms with Gasteiger partial charge in [-0.15, -0.1) is 11.3 Å². The Hall–Kier alpha value is -1.20. The zero-order valence-electron chi connectivity index (χ0n) is 10.4. The number of hydrogen-bond donors (Lipinski definition) is 1. The molecule has 0 spiro atoms. The fraction of sp³-hybridized carbons (Fsp3) is 0.286. The van der Waals surface area contributed by atoms with Gasteiger partial charge in [-0.25, -0.2) is 4.98 Å². The topological polar surface area (TPSA) is 42.0 Å². The lowest BCUT2D eigenvalue weighted by Gasteiger charge is -2.06. The van der Waals surface area contributed by atoms with Gasteiger partial charge < -0.3 is 5.32 Å². The van der Waals surface area contributed by atoms with E-state index in [0.29, 0.717) is 6.42 Å². The number of benzene rings is 1. The van der Waals surface area contributed by atoms with Crippen LogP contribution >= 0.6 is 27.3 Å². The van der Waals surface area contributed by atoms with Gasteiger partial charge in [-0.1, -0.05) is 28.1 Å².